The molecule has 1 atom stereocenters. The monoisotopic (exact) mass is 419 g/mol. The molecular weight excluding hydrogens is 398 g/mol. The largest absolute Gasteiger partial charge is 0.496 e. The lowest BCUT2D eigenvalue weighted by atomic mass is 9.97. The van der Waals surface area contributed by atoms with Crippen molar-refractivity contribution in [2.24, 2.45) is 10.9 Å². The zero-order chi connectivity index (χ0) is 20.7. The Morgan fingerprint density at radius 2 is 2.23 bits per heavy atom. The Hall–Kier alpha value is -3.19. The Morgan fingerprint density at radius 1 is 1.33 bits per heavy atom. The second-order valence-electron chi connectivity index (χ2n) is 7.45. The molecule has 0 fully saturated rings. The fourth-order valence-electron chi connectivity index (χ4n) is 3.90. The molecule has 0 spiro atoms. The Kier molecular flexibility index (Phi) is 4.75. The van der Waals surface area contributed by atoms with Crippen LogP contribution in [-0.4, -0.2) is 35.4 Å². The van der Waals surface area contributed by atoms with Gasteiger partial charge in [0.05, 0.1) is 24.2 Å². The van der Waals surface area contributed by atoms with E-state index in [1.807, 2.05) is 33.6 Å². The van der Waals surface area contributed by atoms with Gasteiger partial charge in [0.1, 0.15) is 23.8 Å². The second kappa shape index (κ2) is 7.57. The number of nitrogens with zero attached hydrogens (tertiary/aromatic N) is 3. The lowest BCUT2D eigenvalue weighted by molar-refractivity contribution is 0.111. The van der Waals surface area contributed by atoms with Gasteiger partial charge in [0.2, 0.25) is 0 Å². The third-order valence-electron chi connectivity index (χ3n) is 5.53. The Bertz CT molecular complexity index is 1180. The quantitative estimate of drug-likeness (QED) is 0.575. The number of hydrogen-bond donors (Lipinski definition) is 0. The summed E-state index contributed by atoms with van der Waals surface area (Å²) in [4.78, 5) is 16.5. The van der Waals surface area contributed by atoms with E-state index in [1.165, 1.54) is 0 Å². The molecule has 0 saturated carbocycles. The molecule has 152 valence electrons. The molecule has 2 aliphatic heterocycles. The molecule has 0 N–H and O–H groups in total. The number of aldehydes is 1. The summed E-state index contributed by atoms with van der Waals surface area (Å²) < 4.78 is 13.5. The van der Waals surface area contributed by atoms with Crippen LogP contribution in [0.5, 0.6) is 11.5 Å². The van der Waals surface area contributed by atoms with Gasteiger partial charge < -0.3 is 9.47 Å². The summed E-state index contributed by atoms with van der Waals surface area (Å²) in [7, 11) is 1.66. The predicted molar refractivity (Wildman–Crippen MR) is 117 cm³/mol. The molecule has 2 aromatic heterocycles. The Balaban J connectivity index is 1.73. The van der Waals surface area contributed by atoms with Crippen LogP contribution in [0, 0.1) is 5.92 Å². The number of aromatic nitrogens is 2. The van der Waals surface area contributed by atoms with Gasteiger partial charge in [0.15, 0.2) is 6.29 Å². The van der Waals surface area contributed by atoms with Gasteiger partial charge >= 0.3 is 0 Å². The Labute approximate surface area is 178 Å². The summed E-state index contributed by atoms with van der Waals surface area (Å²) in [6.07, 6.45) is 6.07. The first-order chi connectivity index (χ1) is 14.7. The molecule has 1 unspecified atom stereocenters. The predicted octanol–water partition coefficient (Wildman–Crippen LogP) is 4.70. The number of carbonyl (C=O) groups is 1. The summed E-state index contributed by atoms with van der Waals surface area (Å²) in [5, 5.41) is 8.57. The van der Waals surface area contributed by atoms with Gasteiger partial charge in [0.25, 0.3) is 0 Å². The van der Waals surface area contributed by atoms with Crippen LogP contribution in [0.15, 0.2) is 46.1 Å². The first-order valence-corrected chi connectivity index (χ1v) is 10.8. The number of carbonyl (C=O) groups excluding carboxylic acids is 1. The van der Waals surface area contributed by atoms with Crippen molar-refractivity contribution in [3.8, 4) is 28.4 Å². The van der Waals surface area contributed by atoms with E-state index in [1.54, 1.807) is 18.4 Å². The Morgan fingerprint density at radius 3 is 3.00 bits per heavy atom. The summed E-state index contributed by atoms with van der Waals surface area (Å²) in [6, 6.07) is 5.94. The van der Waals surface area contributed by atoms with Crippen molar-refractivity contribution in [1.29, 1.82) is 0 Å². The number of methoxy groups -OCH3 is 1. The lowest BCUT2D eigenvalue weighted by Gasteiger charge is -2.22. The van der Waals surface area contributed by atoms with Gasteiger partial charge in [-0.25, -0.2) is 4.68 Å². The average molecular weight is 420 g/mol. The van der Waals surface area contributed by atoms with Gasteiger partial charge in [-0.1, -0.05) is 13.0 Å². The van der Waals surface area contributed by atoms with E-state index in [-0.39, 0.29) is 0 Å². The van der Waals surface area contributed by atoms with Crippen LogP contribution in [0.25, 0.3) is 16.9 Å². The van der Waals surface area contributed by atoms with Crippen molar-refractivity contribution in [1.82, 2.24) is 9.78 Å². The summed E-state index contributed by atoms with van der Waals surface area (Å²) in [5.41, 5.74) is 5.69. The van der Waals surface area contributed by atoms with Crippen LogP contribution in [0.1, 0.15) is 35.0 Å². The molecular formula is C23H21N3O3S. The summed E-state index contributed by atoms with van der Waals surface area (Å²) in [5.74, 6) is 1.91. The third-order valence-corrected chi connectivity index (χ3v) is 6.20. The number of rotatable bonds is 4. The molecule has 3 aromatic rings. The van der Waals surface area contributed by atoms with E-state index in [2.05, 4.69) is 24.2 Å². The summed E-state index contributed by atoms with van der Waals surface area (Å²) >= 11 is 1.59. The molecule has 2 aliphatic rings. The maximum Gasteiger partial charge on any atom is 0.170 e. The molecule has 0 amide bonds. The van der Waals surface area contributed by atoms with Gasteiger partial charge in [-0.15, -0.1) is 0 Å². The van der Waals surface area contributed by atoms with Gasteiger partial charge in [-0.05, 0) is 35.9 Å². The van der Waals surface area contributed by atoms with Crippen LogP contribution in [-0.2, 0) is 6.61 Å². The summed E-state index contributed by atoms with van der Waals surface area (Å²) in [6.45, 7) is 3.26. The second-order valence-corrected chi connectivity index (χ2v) is 8.23. The number of hydrogen-bond acceptors (Lipinski definition) is 6. The molecule has 5 rings (SSSR count). The number of thiophene rings is 1. The van der Waals surface area contributed by atoms with Crippen molar-refractivity contribution < 1.29 is 14.3 Å². The highest BCUT2D eigenvalue weighted by Gasteiger charge is 2.29. The van der Waals surface area contributed by atoms with E-state index >= 15 is 0 Å². The molecule has 4 heterocycles. The SMILES string of the molecule is COc1cc2c(cc1C1=NCCC(C)C=C1)-c1c(c(C=O)nn1-c1ccsc1)CO2. The van der Waals surface area contributed by atoms with Crippen molar-refractivity contribution in [2.45, 2.75) is 20.0 Å². The van der Waals surface area contributed by atoms with Crippen molar-refractivity contribution in [3.05, 3.63) is 57.9 Å². The van der Waals surface area contributed by atoms with Gasteiger partial charge in [0, 0.05) is 34.7 Å². The minimum absolute atomic E-state index is 0.293. The molecule has 7 heteroatoms. The number of fused-ring (bicyclic) bond motifs is 3. The number of ether oxygens (including phenoxy) is 2. The van der Waals surface area contributed by atoms with Gasteiger partial charge in [-0.2, -0.15) is 16.4 Å². The van der Waals surface area contributed by atoms with E-state index < -0.39 is 0 Å². The van der Waals surface area contributed by atoms with Crippen LogP contribution in [0.2, 0.25) is 0 Å². The molecule has 0 saturated heterocycles. The van der Waals surface area contributed by atoms with E-state index in [0.717, 1.165) is 53.0 Å². The number of benzene rings is 1. The van der Waals surface area contributed by atoms with Crippen molar-refractivity contribution in [3.63, 3.8) is 0 Å². The van der Waals surface area contributed by atoms with Crippen LogP contribution < -0.4 is 9.47 Å². The first-order valence-electron chi connectivity index (χ1n) is 9.87. The molecule has 0 bridgehead atoms. The minimum Gasteiger partial charge on any atom is -0.496 e. The minimum atomic E-state index is 0.293. The van der Waals surface area contributed by atoms with Gasteiger partial charge in [-0.3, -0.25) is 9.79 Å². The zero-order valence-corrected chi connectivity index (χ0v) is 17.6. The maximum absolute atomic E-state index is 11.7. The highest BCUT2D eigenvalue weighted by atomic mass is 32.1. The zero-order valence-electron chi connectivity index (χ0n) is 16.8. The molecule has 30 heavy (non-hydrogen) atoms. The van der Waals surface area contributed by atoms with Crippen LogP contribution in [0.4, 0.5) is 0 Å². The normalized spacial score (nSPS) is 17.4. The van der Waals surface area contributed by atoms with Crippen LogP contribution >= 0.6 is 11.3 Å². The smallest absolute Gasteiger partial charge is 0.170 e. The standard InChI is InChI=1S/C23H21N3O3S/c1-14-3-4-19(24-7-5-14)16-9-17-22(10-21(16)28-2)29-12-18-20(11-27)25-26(23(17)18)15-6-8-30-13-15/h3-4,6,8-11,13-14H,5,7,12H2,1-2H3. The first kappa shape index (κ1) is 18.8. The fourth-order valence-corrected chi connectivity index (χ4v) is 4.51. The number of allylic oxidation sites excluding steroid dienone is 2. The van der Waals surface area contributed by atoms with E-state index in [9.17, 15) is 4.79 Å². The lowest BCUT2D eigenvalue weighted by Crippen LogP contribution is -2.10. The molecule has 6 nitrogen and oxygen atoms in total. The maximum atomic E-state index is 11.7. The van der Waals surface area contributed by atoms with Crippen molar-refractivity contribution >= 4 is 23.3 Å². The third kappa shape index (κ3) is 3.06. The number of aliphatic imine (C=N–C) groups is 1. The van der Waals surface area contributed by atoms with Crippen LogP contribution in [0.3, 0.4) is 0 Å². The highest BCUT2D eigenvalue weighted by Crippen LogP contribution is 2.43. The van der Waals surface area contributed by atoms with E-state index in [0.29, 0.717) is 29.7 Å². The molecule has 0 aliphatic carbocycles. The average Bonchev–Trinajstić information content (AvgIpc) is 3.37. The molecule has 1 aromatic carbocycles. The van der Waals surface area contributed by atoms with E-state index in [4.69, 9.17) is 14.5 Å². The molecule has 0 radical (unpaired) electrons. The van der Waals surface area contributed by atoms with Crippen molar-refractivity contribution in [2.75, 3.05) is 13.7 Å². The topological polar surface area (TPSA) is 65.7 Å². The highest BCUT2D eigenvalue weighted by molar-refractivity contribution is 7.08. The fraction of sp³-hybridized carbons (Fsp3) is 0.261.